The lowest BCUT2D eigenvalue weighted by atomic mass is 10.1. The summed E-state index contributed by atoms with van der Waals surface area (Å²) in [6, 6.07) is 18.9. The van der Waals surface area contributed by atoms with Gasteiger partial charge in [-0.2, -0.15) is 4.98 Å². The highest BCUT2D eigenvalue weighted by atomic mass is 35.5. The first-order valence-electron chi connectivity index (χ1n) is 6.44. The van der Waals surface area contributed by atoms with E-state index in [1.165, 1.54) is 0 Å². The fourth-order valence-corrected chi connectivity index (χ4v) is 2.21. The molecule has 4 nitrogen and oxygen atoms in total. The minimum Gasteiger partial charge on any atom is -0.384 e. The van der Waals surface area contributed by atoms with Crippen LogP contribution in [0.4, 0.5) is 17.5 Å². The number of nitrogens with one attached hydrogen (secondary N) is 1. The number of nitrogens with zero attached hydrogens (tertiary/aromatic N) is 2. The van der Waals surface area contributed by atoms with Crippen LogP contribution < -0.4 is 11.1 Å². The summed E-state index contributed by atoms with van der Waals surface area (Å²) >= 11 is 6.20. The number of aromatic nitrogens is 2. The van der Waals surface area contributed by atoms with E-state index in [1.54, 1.807) is 6.07 Å². The van der Waals surface area contributed by atoms with Gasteiger partial charge in [-0.15, -0.1) is 0 Å². The average molecular weight is 297 g/mol. The van der Waals surface area contributed by atoms with Crippen LogP contribution in [0.5, 0.6) is 0 Å². The first kappa shape index (κ1) is 13.4. The molecule has 0 aliphatic carbocycles. The lowest BCUT2D eigenvalue weighted by Gasteiger charge is -2.09. The summed E-state index contributed by atoms with van der Waals surface area (Å²) in [6.07, 6.45) is 0. The Hall–Kier alpha value is -2.59. The van der Waals surface area contributed by atoms with Crippen molar-refractivity contribution >= 4 is 29.1 Å². The molecule has 1 heterocycles. The van der Waals surface area contributed by atoms with E-state index in [4.69, 9.17) is 17.3 Å². The molecule has 0 aliphatic heterocycles. The Bertz CT molecular complexity index is 759. The summed E-state index contributed by atoms with van der Waals surface area (Å²) in [5.41, 5.74) is 8.27. The number of anilines is 3. The zero-order valence-corrected chi connectivity index (χ0v) is 11.9. The van der Waals surface area contributed by atoms with Crippen molar-refractivity contribution in [2.75, 3.05) is 11.1 Å². The molecule has 3 aromatic rings. The highest BCUT2D eigenvalue weighted by molar-refractivity contribution is 6.33. The molecule has 0 amide bonds. The standard InChI is InChI=1S/C16H13ClN4/c17-13-9-5-4-8-12(13)14-10-15(18)21-16(20-14)19-11-6-2-1-3-7-11/h1-10H,(H3,18,19,20,21). The van der Waals surface area contributed by atoms with Gasteiger partial charge in [0.15, 0.2) is 0 Å². The Kier molecular flexibility index (Phi) is 3.71. The second-order valence-corrected chi connectivity index (χ2v) is 4.88. The Morgan fingerprint density at radius 2 is 1.62 bits per heavy atom. The molecule has 3 rings (SSSR count). The number of benzene rings is 2. The quantitative estimate of drug-likeness (QED) is 0.763. The molecule has 0 fully saturated rings. The summed E-state index contributed by atoms with van der Waals surface area (Å²) < 4.78 is 0. The van der Waals surface area contributed by atoms with Crippen molar-refractivity contribution in [2.24, 2.45) is 0 Å². The van der Waals surface area contributed by atoms with E-state index in [-0.39, 0.29) is 0 Å². The third-order valence-electron chi connectivity index (χ3n) is 2.93. The molecule has 0 radical (unpaired) electrons. The Labute approximate surface area is 127 Å². The van der Waals surface area contributed by atoms with Crippen molar-refractivity contribution < 1.29 is 0 Å². The molecule has 5 heteroatoms. The molecule has 0 bridgehead atoms. The first-order chi connectivity index (χ1) is 10.2. The van der Waals surface area contributed by atoms with E-state index >= 15 is 0 Å². The van der Waals surface area contributed by atoms with Gasteiger partial charge in [0.05, 0.1) is 5.69 Å². The van der Waals surface area contributed by atoms with Gasteiger partial charge < -0.3 is 11.1 Å². The van der Waals surface area contributed by atoms with Crippen LogP contribution in [-0.4, -0.2) is 9.97 Å². The number of nitrogen functional groups attached to an aromatic ring is 1. The number of nitrogens with two attached hydrogens (primary N) is 1. The van der Waals surface area contributed by atoms with Gasteiger partial charge in [-0.3, -0.25) is 0 Å². The maximum Gasteiger partial charge on any atom is 0.229 e. The van der Waals surface area contributed by atoms with Gasteiger partial charge in [-0.25, -0.2) is 4.98 Å². The molecule has 0 aliphatic rings. The molecule has 104 valence electrons. The van der Waals surface area contributed by atoms with Crippen LogP contribution >= 0.6 is 11.6 Å². The predicted molar refractivity (Wildman–Crippen MR) is 86.6 cm³/mol. The predicted octanol–water partition coefficient (Wildman–Crippen LogP) is 4.12. The van der Waals surface area contributed by atoms with Gasteiger partial charge in [0.25, 0.3) is 0 Å². The van der Waals surface area contributed by atoms with Crippen LogP contribution in [0.3, 0.4) is 0 Å². The van der Waals surface area contributed by atoms with E-state index in [1.807, 2.05) is 54.6 Å². The summed E-state index contributed by atoms with van der Waals surface area (Å²) in [5, 5.41) is 3.76. The summed E-state index contributed by atoms with van der Waals surface area (Å²) in [7, 11) is 0. The van der Waals surface area contributed by atoms with Crippen LogP contribution in [-0.2, 0) is 0 Å². The fourth-order valence-electron chi connectivity index (χ4n) is 1.98. The first-order valence-corrected chi connectivity index (χ1v) is 6.82. The van der Waals surface area contributed by atoms with Crippen LogP contribution in [0, 0.1) is 0 Å². The smallest absolute Gasteiger partial charge is 0.229 e. The number of hydrogen-bond donors (Lipinski definition) is 2. The molecule has 0 atom stereocenters. The monoisotopic (exact) mass is 296 g/mol. The molecule has 0 saturated carbocycles. The van der Waals surface area contributed by atoms with Crippen LogP contribution in [0.15, 0.2) is 60.7 Å². The maximum atomic E-state index is 6.20. The molecular formula is C16H13ClN4. The normalized spacial score (nSPS) is 10.3. The lowest BCUT2D eigenvalue weighted by molar-refractivity contribution is 1.18. The Balaban J connectivity index is 1.99. The van der Waals surface area contributed by atoms with Crippen molar-refractivity contribution in [1.29, 1.82) is 0 Å². The van der Waals surface area contributed by atoms with Gasteiger partial charge in [0.2, 0.25) is 5.95 Å². The molecule has 0 saturated heterocycles. The largest absolute Gasteiger partial charge is 0.384 e. The topological polar surface area (TPSA) is 63.8 Å². The van der Waals surface area contributed by atoms with E-state index in [9.17, 15) is 0 Å². The van der Waals surface area contributed by atoms with E-state index in [2.05, 4.69) is 15.3 Å². The Morgan fingerprint density at radius 3 is 2.38 bits per heavy atom. The fraction of sp³-hybridized carbons (Fsp3) is 0. The zero-order chi connectivity index (χ0) is 14.7. The molecule has 0 unspecified atom stereocenters. The van der Waals surface area contributed by atoms with Crippen molar-refractivity contribution in [3.8, 4) is 11.3 Å². The summed E-state index contributed by atoms with van der Waals surface area (Å²) in [5.74, 6) is 0.828. The van der Waals surface area contributed by atoms with Crippen molar-refractivity contribution in [1.82, 2.24) is 9.97 Å². The summed E-state index contributed by atoms with van der Waals surface area (Å²) in [4.78, 5) is 8.67. The van der Waals surface area contributed by atoms with Gasteiger partial charge in [0, 0.05) is 22.3 Å². The maximum absolute atomic E-state index is 6.20. The number of halogens is 1. The van der Waals surface area contributed by atoms with Gasteiger partial charge in [-0.1, -0.05) is 48.0 Å². The van der Waals surface area contributed by atoms with Crippen LogP contribution in [0.2, 0.25) is 5.02 Å². The molecular weight excluding hydrogens is 284 g/mol. The van der Waals surface area contributed by atoms with Gasteiger partial charge >= 0.3 is 0 Å². The minimum absolute atomic E-state index is 0.387. The van der Waals surface area contributed by atoms with Crippen LogP contribution in [0.25, 0.3) is 11.3 Å². The highest BCUT2D eigenvalue weighted by Crippen LogP contribution is 2.28. The minimum atomic E-state index is 0.387. The zero-order valence-electron chi connectivity index (χ0n) is 11.1. The molecule has 2 aromatic carbocycles. The highest BCUT2D eigenvalue weighted by Gasteiger charge is 2.08. The molecule has 1 aromatic heterocycles. The van der Waals surface area contributed by atoms with Crippen molar-refractivity contribution in [3.63, 3.8) is 0 Å². The van der Waals surface area contributed by atoms with E-state index in [0.29, 0.717) is 22.5 Å². The number of hydrogen-bond acceptors (Lipinski definition) is 4. The molecule has 3 N–H and O–H groups in total. The summed E-state index contributed by atoms with van der Waals surface area (Å²) in [6.45, 7) is 0. The third-order valence-corrected chi connectivity index (χ3v) is 3.26. The van der Waals surface area contributed by atoms with Gasteiger partial charge in [-0.05, 0) is 18.2 Å². The van der Waals surface area contributed by atoms with Crippen molar-refractivity contribution in [2.45, 2.75) is 0 Å². The molecule has 0 spiro atoms. The SMILES string of the molecule is Nc1cc(-c2ccccc2Cl)nc(Nc2ccccc2)n1. The van der Waals surface area contributed by atoms with Crippen molar-refractivity contribution in [3.05, 3.63) is 65.7 Å². The van der Waals surface area contributed by atoms with Gasteiger partial charge in [0.1, 0.15) is 5.82 Å². The molecule has 21 heavy (non-hydrogen) atoms. The number of rotatable bonds is 3. The van der Waals surface area contributed by atoms with E-state index in [0.717, 1.165) is 11.3 Å². The second kappa shape index (κ2) is 5.81. The third kappa shape index (κ3) is 3.12. The Morgan fingerprint density at radius 1 is 0.905 bits per heavy atom. The second-order valence-electron chi connectivity index (χ2n) is 4.47. The van der Waals surface area contributed by atoms with E-state index < -0.39 is 0 Å². The van der Waals surface area contributed by atoms with Crippen LogP contribution in [0.1, 0.15) is 0 Å². The lowest BCUT2D eigenvalue weighted by Crippen LogP contribution is -2.01. The average Bonchev–Trinajstić information content (AvgIpc) is 2.48. The number of para-hydroxylation sites is 1.